The molecule has 1 aliphatic heterocycles. The monoisotopic (exact) mass is 349 g/mol. The zero-order valence-electron chi connectivity index (χ0n) is 17.0. The standard InChI is InChI=1S/C19H18N6O/c1-20-19(26)13-10-21-7-6-14(13)24-15-5-3-4-12-17-16(22-8-9-23-17)11-25(2)18(12)15/h3-10H,11H2,1-2H3,(H,20,26)(H,21,24)/i1D3. The average Bonchev–Trinajstić information content (AvgIpc) is 2.67. The maximum Gasteiger partial charge on any atom is 0.254 e. The number of pyridine rings is 1. The van der Waals surface area contributed by atoms with Crippen LogP contribution in [0.4, 0.5) is 17.1 Å². The third-order valence-electron chi connectivity index (χ3n) is 4.28. The van der Waals surface area contributed by atoms with E-state index in [-0.39, 0.29) is 5.56 Å². The Labute approximate surface area is 155 Å². The highest BCUT2D eigenvalue weighted by Gasteiger charge is 2.24. The molecule has 130 valence electrons. The van der Waals surface area contributed by atoms with E-state index in [1.54, 1.807) is 18.5 Å². The van der Waals surface area contributed by atoms with Crippen LogP contribution in [0.1, 0.15) is 20.2 Å². The Morgan fingerprint density at radius 3 is 2.96 bits per heavy atom. The number of rotatable bonds is 3. The van der Waals surface area contributed by atoms with Crippen LogP contribution in [0.3, 0.4) is 0 Å². The number of benzene rings is 1. The number of aromatic nitrogens is 3. The smallest absolute Gasteiger partial charge is 0.254 e. The number of carbonyl (C=O) groups is 1. The van der Waals surface area contributed by atoms with Crippen LogP contribution in [0.5, 0.6) is 0 Å². The van der Waals surface area contributed by atoms with Crippen LogP contribution < -0.4 is 15.5 Å². The minimum atomic E-state index is -2.58. The first-order valence-electron chi connectivity index (χ1n) is 9.51. The molecule has 3 aromatic rings. The Balaban J connectivity index is 1.74. The summed E-state index contributed by atoms with van der Waals surface area (Å²) in [7, 11) is 1.95. The summed E-state index contributed by atoms with van der Waals surface area (Å²) >= 11 is 0. The molecular weight excluding hydrogens is 328 g/mol. The summed E-state index contributed by atoms with van der Waals surface area (Å²) in [6.45, 7) is -1.99. The van der Waals surface area contributed by atoms with Crippen molar-refractivity contribution in [2.45, 2.75) is 6.54 Å². The van der Waals surface area contributed by atoms with Crippen molar-refractivity contribution in [1.82, 2.24) is 20.3 Å². The van der Waals surface area contributed by atoms with Gasteiger partial charge >= 0.3 is 0 Å². The first-order chi connectivity index (χ1) is 13.8. The number of amides is 1. The zero-order chi connectivity index (χ0) is 20.6. The van der Waals surface area contributed by atoms with Crippen LogP contribution in [0, 0.1) is 0 Å². The molecule has 0 atom stereocenters. The number of para-hydroxylation sites is 1. The molecule has 0 saturated carbocycles. The van der Waals surface area contributed by atoms with Crippen molar-refractivity contribution in [1.29, 1.82) is 0 Å². The fraction of sp³-hybridized carbons (Fsp3) is 0.158. The van der Waals surface area contributed by atoms with Gasteiger partial charge in [0.15, 0.2) is 0 Å². The van der Waals surface area contributed by atoms with Gasteiger partial charge in [-0.05, 0) is 12.1 Å². The fourth-order valence-electron chi connectivity index (χ4n) is 3.15. The molecule has 4 rings (SSSR count). The third kappa shape index (κ3) is 2.63. The molecule has 0 bridgehead atoms. The maximum absolute atomic E-state index is 12.4. The summed E-state index contributed by atoms with van der Waals surface area (Å²) < 4.78 is 21.8. The summed E-state index contributed by atoms with van der Waals surface area (Å²) in [5.74, 6) is -0.727. The predicted octanol–water partition coefficient (Wildman–Crippen LogP) is 2.59. The molecular formula is C19H18N6O. The highest BCUT2D eigenvalue weighted by molar-refractivity contribution is 6.01. The quantitative estimate of drug-likeness (QED) is 0.756. The van der Waals surface area contributed by atoms with Gasteiger partial charge in [0.1, 0.15) is 0 Å². The molecule has 0 aliphatic carbocycles. The number of carbonyl (C=O) groups excluding carboxylic acids is 1. The third-order valence-corrected chi connectivity index (χ3v) is 4.28. The molecule has 1 aromatic carbocycles. The minimum absolute atomic E-state index is 0.139. The van der Waals surface area contributed by atoms with Gasteiger partial charge in [-0.1, -0.05) is 12.1 Å². The van der Waals surface area contributed by atoms with E-state index in [4.69, 9.17) is 4.11 Å². The van der Waals surface area contributed by atoms with E-state index in [1.165, 1.54) is 12.4 Å². The molecule has 0 unspecified atom stereocenters. The van der Waals surface area contributed by atoms with Gasteiger partial charge in [0.2, 0.25) is 0 Å². The second-order valence-electron chi connectivity index (χ2n) is 5.91. The van der Waals surface area contributed by atoms with Gasteiger partial charge in [0.25, 0.3) is 5.91 Å². The van der Waals surface area contributed by atoms with Gasteiger partial charge in [-0.2, -0.15) is 0 Å². The molecule has 7 heteroatoms. The van der Waals surface area contributed by atoms with Crippen molar-refractivity contribution in [3.05, 3.63) is 60.3 Å². The van der Waals surface area contributed by atoms with Gasteiger partial charge in [-0.3, -0.25) is 19.7 Å². The van der Waals surface area contributed by atoms with Gasteiger partial charge in [-0.25, -0.2) is 0 Å². The number of hydrogen-bond donors (Lipinski definition) is 2. The number of anilines is 3. The van der Waals surface area contributed by atoms with Crippen molar-refractivity contribution < 1.29 is 8.91 Å². The van der Waals surface area contributed by atoms with E-state index in [0.717, 1.165) is 28.3 Å². The van der Waals surface area contributed by atoms with E-state index < -0.39 is 12.9 Å². The summed E-state index contributed by atoms with van der Waals surface area (Å²) in [5.41, 5.74) is 4.90. The lowest BCUT2D eigenvalue weighted by Crippen LogP contribution is -2.24. The molecule has 0 saturated heterocycles. The predicted molar refractivity (Wildman–Crippen MR) is 100 cm³/mol. The van der Waals surface area contributed by atoms with Crippen LogP contribution >= 0.6 is 0 Å². The lowest BCUT2D eigenvalue weighted by Gasteiger charge is -2.30. The number of nitrogens with one attached hydrogen (secondary N) is 2. The van der Waals surface area contributed by atoms with Crippen LogP contribution in [0.2, 0.25) is 0 Å². The topological polar surface area (TPSA) is 83.0 Å². The molecule has 0 radical (unpaired) electrons. The number of nitrogens with zero attached hydrogens (tertiary/aromatic N) is 4. The second-order valence-corrected chi connectivity index (χ2v) is 5.91. The Bertz CT molecular complexity index is 1090. The summed E-state index contributed by atoms with van der Waals surface area (Å²) in [5, 5.41) is 5.25. The zero-order valence-corrected chi connectivity index (χ0v) is 14.0. The lowest BCUT2D eigenvalue weighted by atomic mass is 10.0. The summed E-state index contributed by atoms with van der Waals surface area (Å²) in [6, 6.07) is 7.38. The molecule has 2 aromatic heterocycles. The van der Waals surface area contributed by atoms with E-state index in [2.05, 4.69) is 25.2 Å². The van der Waals surface area contributed by atoms with E-state index >= 15 is 0 Å². The van der Waals surface area contributed by atoms with E-state index in [0.29, 0.717) is 12.2 Å². The van der Waals surface area contributed by atoms with E-state index in [1.807, 2.05) is 30.6 Å². The Morgan fingerprint density at radius 1 is 1.19 bits per heavy atom. The molecule has 3 heterocycles. The molecule has 7 nitrogen and oxygen atoms in total. The van der Waals surface area contributed by atoms with Gasteiger partial charge in [-0.15, -0.1) is 0 Å². The minimum Gasteiger partial charge on any atom is -0.366 e. The van der Waals surface area contributed by atoms with Crippen molar-refractivity contribution in [2.24, 2.45) is 0 Å². The number of fused-ring (bicyclic) bond motifs is 3. The summed E-state index contributed by atoms with van der Waals surface area (Å²) in [4.78, 5) is 27.3. The summed E-state index contributed by atoms with van der Waals surface area (Å²) in [6.07, 6.45) is 6.21. The molecule has 1 aliphatic rings. The first kappa shape index (κ1) is 12.8. The van der Waals surface area contributed by atoms with Crippen LogP contribution in [-0.2, 0) is 6.54 Å². The fourth-order valence-corrected chi connectivity index (χ4v) is 3.15. The van der Waals surface area contributed by atoms with Crippen molar-refractivity contribution in [3.63, 3.8) is 0 Å². The van der Waals surface area contributed by atoms with Crippen LogP contribution in [-0.4, -0.2) is 34.9 Å². The van der Waals surface area contributed by atoms with Gasteiger partial charge < -0.3 is 15.5 Å². The Hall–Kier alpha value is -3.48. The highest BCUT2D eigenvalue weighted by Crippen LogP contribution is 2.42. The lowest BCUT2D eigenvalue weighted by molar-refractivity contribution is 0.0963. The molecule has 2 N–H and O–H groups in total. The van der Waals surface area contributed by atoms with Gasteiger partial charge in [0.05, 0.1) is 40.6 Å². The molecule has 0 spiro atoms. The molecule has 26 heavy (non-hydrogen) atoms. The molecule has 0 fully saturated rings. The van der Waals surface area contributed by atoms with E-state index in [9.17, 15) is 4.79 Å². The number of hydrogen-bond acceptors (Lipinski definition) is 6. The Kier molecular flexibility index (Phi) is 3.17. The molecule has 1 amide bonds. The SMILES string of the molecule is [2H]C([2H])([2H])NC(=O)c1cnccc1Nc1cccc2c1N(C)Cc1nccnc1-2. The van der Waals surface area contributed by atoms with Crippen molar-refractivity contribution in [3.8, 4) is 11.3 Å². The first-order valence-corrected chi connectivity index (χ1v) is 8.01. The Morgan fingerprint density at radius 2 is 2.08 bits per heavy atom. The van der Waals surface area contributed by atoms with Crippen LogP contribution in [0.15, 0.2) is 49.1 Å². The largest absolute Gasteiger partial charge is 0.366 e. The van der Waals surface area contributed by atoms with Crippen LogP contribution in [0.25, 0.3) is 11.3 Å². The average molecular weight is 349 g/mol. The second kappa shape index (κ2) is 6.44. The van der Waals surface area contributed by atoms with Crippen molar-refractivity contribution in [2.75, 3.05) is 24.2 Å². The normalized spacial score (nSPS) is 14.3. The highest BCUT2D eigenvalue weighted by atomic mass is 16.1. The van der Waals surface area contributed by atoms with Gasteiger partial charge in [0, 0.05) is 48.5 Å². The van der Waals surface area contributed by atoms with Crippen molar-refractivity contribution >= 4 is 23.0 Å². The maximum atomic E-state index is 12.4.